The van der Waals surface area contributed by atoms with E-state index >= 15 is 0 Å². The van der Waals surface area contributed by atoms with Crippen LogP contribution in [-0.2, 0) is 4.79 Å². The molecule has 0 aliphatic carbocycles. The van der Waals surface area contributed by atoms with Crippen LogP contribution in [0.15, 0.2) is 24.3 Å². The molecule has 1 aromatic heterocycles. The molecule has 8 heteroatoms. The molecule has 1 saturated heterocycles. The van der Waals surface area contributed by atoms with Gasteiger partial charge in [0, 0.05) is 37.5 Å². The molecule has 0 spiro atoms. The summed E-state index contributed by atoms with van der Waals surface area (Å²) in [5, 5.41) is 10.4. The molecule has 130 valence electrons. The maximum atomic E-state index is 12.2. The van der Waals surface area contributed by atoms with E-state index in [2.05, 4.69) is 15.5 Å². The van der Waals surface area contributed by atoms with Crippen molar-refractivity contribution in [1.82, 2.24) is 20.4 Å². The van der Waals surface area contributed by atoms with Crippen molar-refractivity contribution < 1.29 is 9.59 Å². The smallest absolute Gasteiger partial charge is 0.272 e. The number of likely N-dealkylation sites (tertiary alicyclic amines) is 1. The number of aromatic amines is 1. The van der Waals surface area contributed by atoms with E-state index in [1.165, 1.54) is 0 Å². The SMILES string of the molecule is Cl.NC1CCN(C(=O)CCNC(=O)c2n[nH]c3ccccc23)CC1. The zero-order valence-electron chi connectivity index (χ0n) is 13.3. The van der Waals surface area contributed by atoms with Crippen molar-refractivity contribution in [2.75, 3.05) is 19.6 Å². The topological polar surface area (TPSA) is 104 Å². The summed E-state index contributed by atoms with van der Waals surface area (Å²) < 4.78 is 0. The van der Waals surface area contributed by atoms with E-state index in [9.17, 15) is 9.59 Å². The Balaban J connectivity index is 0.00000208. The number of H-pyrrole nitrogens is 1. The number of amides is 2. The van der Waals surface area contributed by atoms with Crippen molar-refractivity contribution in [3.8, 4) is 0 Å². The van der Waals surface area contributed by atoms with Crippen LogP contribution in [0.2, 0.25) is 0 Å². The summed E-state index contributed by atoms with van der Waals surface area (Å²) in [4.78, 5) is 26.1. The summed E-state index contributed by atoms with van der Waals surface area (Å²) in [7, 11) is 0. The highest BCUT2D eigenvalue weighted by Gasteiger charge is 2.20. The van der Waals surface area contributed by atoms with E-state index in [0.29, 0.717) is 31.7 Å². The first-order valence-corrected chi connectivity index (χ1v) is 7.90. The lowest BCUT2D eigenvalue weighted by Crippen LogP contribution is -2.43. The Morgan fingerprint density at radius 2 is 2.00 bits per heavy atom. The Labute approximate surface area is 146 Å². The molecule has 1 fully saturated rings. The molecule has 24 heavy (non-hydrogen) atoms. The van der Waals surface area contributed by atoms with Gasteiger partial charge in [-0.1, -0.05) is 18.2 Å². The van der Waals surface area contributed by atoms with Crippen LogP contribution in [0, 0.1) is 0 Å². The molecular formula is C16H22ClN5O2. The number of aromatic nitrogens is 2. The largest absolute Gasteiger partial charge is 0.350 e. The van der Waals surface area contributed by atoms with Gasteiger partial charge >= 0.3 is 0 Å². The van der Waals surface area contributed by atoms with Crippen molar-refractivity contribution in [3.63, 3.8) is 0 Å². The second-order valence-corrected chi connectivity index (χ2v) is 5.84. The van der Waals surface area contributed by atoms with Crippen molar-refractivity contribution in [3.05, 3.63) is 30.0 Å². The highest BCUT2D eigenvalue weighted by atomic mass is 35.5. The number of nitrogens with zero attached hydrogens (tertiary/aromatic N) is 2. The molecule has 1 aliphatic heterocycles. The average Bonchev–Trinajstić information content (AvgIpc) is 2.99. The van der Waals surface area contributed by atoms with E-state index in [-0.39, 0.29) is 30.3 Å². The van der Waals surface area contributed by atoms with Crippen LogP contribution < -0.4 is 11.1 Å². The van der Waals surface area contributed by atoms with Gasteiger partial charge in [-0.2, -0.15) is 5.10 Å². The van der Waals surface area contributed by atoms with Gasteiger partial charge in [-0.05, 0) is 18.9 Å². The molecule has 0 atom stereocenters. The van der Waals surface area contributed by atoms with E-state index in [1.54, 1.807) is 0 Å². The molecule has 2 aromatic rings. The minimum atomic E-state index is -0.268. The molecule has 0 bridgehead atoms. The fraction of sp³-hybridized carbons (Fsp3) is 0.438. The first-order valence-electron chi connectivity index (χ1n) is 7.90. The third-order valence-corrected chi connectivity index (χ3v) is 4.20. The molecule has 0 radical (unpaired) electrons. The number of hydrogen-bond donors (Lipinski definition) is 3. The molecule has 1 aliphatic rings. The van der Waals surface area contributed by atoms with Crippen LogP contribution in [0.4, 0.5) is 0 Å². The number of piperidine rings is 1. The Morgan fingerprint density at radius 3 is 2.75 bits per heavy atom. The summed E-state index contributed by atoms with van der Waals surface area (Å²) in [6.45, 7) is 1.72. The Morgan fingerprint density at radius 1 is 1.29 bits per heavy atom. The van der Waals surface area contributed by atoms with E-state index in [1.807, 2.05) is 29.2 Å². The number of carbonyl (C=O) groups excluding carboxylic acids is 2. The Bertz CT molecular complexity index is 709. The van der Waals surface area contributed by atoms with E-state index in [4.69, 9.17) is 5.73 Å². The number of fused-ring (bicyclic) bond motifs is 1. The number of rotatable bonds is 4. The lowest BCUT2D eigenvalue weighted by Gasteiger charge is -2.30. The van der Waals surface area contributed by atoms with Gasteiger partial charge in [0.25, 0.3) is 5.91 Å². The van der Waals surface area contributed by atoms with Crippen molar-refractivity contribution in [2.45, 2.75) is 25.3 Å². The zero-order chi connectivity index (χ0) is 16.2. The maximum Gasteiger partial charge on any atom is 0.272 e. The van der Waals surface area contributed by atoms with Crippen molar-refractivity contribution in [1.29, 1.82) is 0 Å². The predicted molar refractivity (Wildman–Crippen MR) is 94.1 cm³/mol. The van der Waals surface area contributed by atoms with Crippen molar-refractivity contribution >= 4 is 35.1 Å². The number of benzene rings is 1. The summed E-state index contributed by atoms with van der Waals surface area (Å²) in [5.41, 5.74) is 7.01. The highest BCUT2D eigenvalue weighted by molar-refractivity contribution is 6.04. The van der Waals surface area contributed by atoms with Gasteiger partial charge in [0.1, 0.15) is 0 Å². The fourth-order valence-electron chi connectivity index (χ4n) is 2.81. The van der Waals surface area contributed by atoms with Gasteiger partial charge in [0.05, 0.1) is 5.52 Å². The standard InChI is InChI=1S/C16H21N5O2.ClH/c17-11-6-9-21(10-7-11)14(22)5-8-18-16(23)15-12-3-1-2-4-13(12)19-20-15;/h1-4,11H,5-10,17H2,(H,18,23)(H,19,20);1H. The van der Waals surface area contributed by atoms with Gasteiger partial charge in [-0.3, -0.25) is 14.7 Å². The van der Waals surface area contributed by atoms with Crippen LogP contribution in [0.3, 0.4) is 0 Å². The summed E-state index contributed by atoms with van der Waals surface area (Å²) >= 11 is 0. The average molecular weight is 352 g/mol. The van der Waals surface area contributed by atoms with Gasteiger partial charge in [-0.25, -0.2) is 0 Å². The molecule has 7 nitrogen and oxygen atoms in total. The molecule has 2 amide bonds. The number of para-hydroxylation sites is 1. The fourth-order valence-corrected chi connectivity index (χ4v) is 2.81. The molecular weight excluding hydrogens is 330 g/mol. The van der Waals surface area contributed by atoms with E-state index in [0.717, 1.165) is 23.7 Å². The molecule has 0 unspecified atom stereocenters. The quantitative estimate of drug-likeness (QED) is 0.765. The van der Waals surface area contributed by atoms with E-state index < -0.39 is 0 Å². The Hall–Kier alpha value is -2.12. The number of nitrogens with one attached hydrogen (secondary N) is 2. The number of hydrogen-bond acceptors (Lipinski definition) is 4. The molecule has 1 aromatic carbocycles. The lowest BCUT2D eigenvalue weighted by atomic mass is 10.1. The number of carbonyl (C=O) groups is 2. The second kappa shape index (κ2) is 8.12. The number of halogens is 1. The van der Waals surface area contributed by atoms with Crippen molar-refractivity contribution in [2.24, 2.45) is 5.73 Å². The van der Waals surface area contributed by atoms with Crippen LogP contribution in [0.1, 0.15) is 29.8 Å². The first kappa shape index (κ1) is 18.2. The zero-order valence-corrected chi connectivity index (χ0v) is 14.1. The minimum Gasteiger partial charge on any atom is -0.350 e. The summed E-state index contributed by atoms with van der Waals surface area (Å²) in [5.74, 6) is -0.208. The van der Waals surface area contributed by atoms with Gasteiger partial charge in [0.2, 0.25) is 5.91 Å². The number of nitrogens with two attached hydrogens (primary N) is 1. The summed E-state index contributed by atoms with van der Waals surface area (Å²) in [6.07, 6.45) is 1.98. The molecule has 4 N–H and O–H groups in total. The van der Waals surface area contributed by atoms with Crippen LogP contribution >= 0.6 is 12.4 Å². The molecule has 0 saturated carbocycles. The first-order chi connectivity index (χ1) is 11.1. The monoisotopic (exact) mass is 351 g/mol. The van der Waals surface area contributed by atoms with Gasteiger partial charge in [0.15, 0.2) is 5.69 Å². The van der Waals surface area contributed by atoms with Crippen LogP contribution in [-0.4, -0.2) is 52.6 Å². The third kappa shape index (κ3) is 4.04. The van der Waals surface area contributed by atoms with Crippen LogP contribution in [0.25, 0.3) is 10.9 Å². The normalized spacial score (nSPS) is 15.1. The Kier molecular flexibility index (Phi) is 6.16. The lowest BCUT2D eigenvalue weighted by molar-refractivity contribution is -0.132. The second-order valence-electron chi connectivity index (χ2n) is 5.84. The third-order valence-electron chi connectivity index (χ3n) is 4.20. The highest BCUT2D eigenvalue weighted by Crippen LogP contribution is 2.14. The predicted octanol–water partition coefficient (Wildman–Crippen LogP) is 1.05. The van der Waals surface area contributed by atoms with Gasteiger partial charge < -0.3 is 16.0 Å². The van der Waals surface area contributed by atoms with Crippen LogP contribution in [0.5, 0.6) is 0 Å². The summed E-state index contributed by atoms with van der Waals surface area (Å²) in [6, 6.07) is 7.65. The molecule has 2 heterocycles. The van der Waals surface area contributed by atoms with Gasteiger partial charge in [-0.15, -0.1) is 12.4 Å². The maximum absolute atomic E-state index is 12.2. The molecule has 3 rings (SSSR count). The minimum absolute atomic E-state index is 0.